The van der Waals surface area contributed by atoms with Crippen LogP contribution in [0.1, 0.15) is 11.0 Å². The molecule has 0 aliphatic carbocycles. The summed E-state index contributed by atoms with van der Waals surface area (Å²) < 4.78 is 6.99. The van der Waals surface area contributed by atoms with E-state index in [0.717, 1.165) is 15.1 Å². The van der Waals surface area contributed by atoms with Gasteiger partial charge in [-0.05, 0) is 52.5 Å². The van der Waals surface area contributed by atoms with Crippen molar-refractivity contribution in [2.24, 2.45) is 5.73 Å². The van der Waals surface area contributed by atoms with Gasteiger partial charge in [0.05, 0.1) is 0 Å². The van der Waals surface area contributed by atoms with Crippen molar-refractivity contribution in [1.82, 2.24) is 0 Å². The van der Waals surface area contributed by atoms with Gasteiger partial charge in [-0.3, -0.25) is 0 Å². The largest absolute Gasteiger partial charge is 0.484 e. The molecule has 5 heteroatoms. The zero-order chi connectivity index (χ0) is 13.0. The Morgan fingerprint density at radius 3 is 2.61 bits per heavy atom. The van der Waals surface area contributed by atoms with E-state index in [1.165, 1.54) is 4.90 Å². The number of rotatable bonds is 5. The molecule has 2 rings (SSSR count). The average molecular weight is 344 g/mol. The van der Waals surface area contributed by atoms with Gasteiger partial charge in [0.25, 0.3) is 0 Å². The number of thiophene rings is 1. The molecule has 1 atom stereocenters. The molecule has 0 bridgehead atoms. The predicted octanol–water partition coefficient (Wildman–Crippen LogP) is 4.31. The molecule has 0 amide bonds. The summed E-state index contributed by atoms with van der Waals surface area (Å²) in [5.74, 6) is 0.854. The highest BCUT2D eigenvalue weighted by molar-refractivity contribution is 9.10. The van der Waals surface area contributed by atoms with E-state index in [1.807, 2.05) is 17.5 Å². The number of ether oxygens (including phenoxy) is 1. The van der Waals surface area contributed by atoms with Crippen LogP contribution in [0.15, 0.2) is 45.1 Å². The van der Waals surface area contributed by atoms with Crippen molar-refractivity contribution < 1.29 is 4.74 Å². The summed E-state index contributed by atoms with van der Waals surface area (Å²) in [5, 5.41) is 2.04. The molecule has 96 valence electrons. The molecule has 2 N–H and O–H groups in total. The lowest BCUT2D eigenvalue weighted by Crippen LogP contribution is -2.17. The molecule has 0 fully saturated rings. The van der Waals surface area contributed by atoms with Crippen LogP contribution >= 0.6 is 39.0 Å². The van der Waals surface area contributed by atoms with Gasteiger partial charge < -0.3 is 10.5 Å². The number of halogens is 1. The van der Waals surface area contributed by atoms with Gasteiger partial charge in [-0.2, -0.15) is 0 Å². The Morgan fingerprint density at radius 2 is 2.11 bits per heavy atom. The second-order valence-electron chi connectivity index (χ2n) is 3.69. The van der Waals surface area contributed by atoms with Crippen LogP contribution in [-0.2, 0) is 0 Å². The Labute approximate surface area is 124 Å². The van der Waals surface area contributed by atoms with Crippen LogP contribution in [0.2, 0.25) is 0 Å². The van der Waals surface area contributed by atoms with Gasteiger partial charge in [0.2, 0.25) is 0 Å². The van der Waals surface area contributed by atoms with E-state index in [4.69, 9.17) is 10.5 Å². The number of nitrogens with two attached hydrogens (primary N) is 1. The first-order valence-corrected chi connectivity index (χ1v) is 8.37. The highest BCUT2D eigenvalue weighted by atomic mass is 79.9. The predicted molar refractivity (Wildman–Crippen MR) is 82.7 cm³/mol. The van der Waals surface area contributed by atoms with E-state index >= 15 is 0 Å². The second kappa shape index (κ2) is 6.61. The zero-order valence-corrected chi connectivity index (χ0v) is 13.1. The molecule has 0 saturated heterocycles. The van der Waals surface area contributed by atoms with Crippen LogP contribution in [0.5, 0.6) is 5.75 Å². The standard InChI is InChI=1S/C13H14BrNOS2/c1-17-11-4-2-10(3-5-11)16-12(7-15)13-6-9(14)8-18-13/h2-6,8,12H,7,15H2,1H3. The molecular formula is C13H14BrNOS2. The molecule has 0 saturated carbocycles. The maximum absolute atomic E-state index is 5.92. The highest BCUT2D eigenvalue weighted by Gasteiger charge is 2.13. The number of hydrogen-bond donors (Lipinski definition) is 1. The van der Waals surface area contributed by atoms with Crippen LogP contribution in [0.25, 0.3) is 0 Å². The van der Waals surface area contributed by atoms with Crippen molar-refractivity contribution in [3.8, 4) is 5.75 Å². The monoisotopic (exact) mass is 343 g/mol. The van der Waals surface area contributed by atoms with Crippen LogP contribution in [-0.4, -0.2) is 12.8 Å². The minimum absolute atomic E-state index is 0.0820. The second-order valence-corrected chi connectivity index (χ2v) is 6.42. The fourth-order valence-electron chi connectivity index (χ4n) is 1.54. The number of thioether (sulfide) groups is 1. The average Bonchev–Trinajstić information content (AvgIpc) is 2.83. The van der Waals surface area contributed by atoms with E-state index in [9.17, 15) is 0 Å². The van der Waals surface area contributed by atoms with E-state index in [0.29, 0.717) is 6.54 Å². The number of benzene rings is 1. The third-order valence-electron chi connectivity index (χ3n) is 2.46. The molecule has 1 unspecified atom stereocenters. The SMILES string of the molecule is CSc1ccc(OC(CN)c2cc(Br)cs2)cc1. The Balaban J connectivity index is 2.10. The van der Waals surface area contributed by atoms with E-state index < -0.39 is 0 Å². The molecule has 0 aliphatic heterocycles. The Hall–Kier alpha value is -0.490. The van der Waals surface area contributed by atoms with Gasteiger partial charge in [0, 0.05) is 26.2 Å². The smallest absolute Gasteiger partial charge is 0.145 e. The first-order valence-electron chi connectivity index (χ1n) is 5.47. The lowest BCUT2D eigenvalue weighted by atomic mass is 10.3. The van der Waals surface area contributed by atoms with Crippen LogP contribution < -0.4 is 10.5 Å². The van der Waals surface area contributed by atoms with E-state index in [-0.39, 0.29) is 6.10 Å². The molecule has 0 aliphatic rings. The van der Waals surface area contributed by atoms with Gasteiger partial charge in [0.1, 0.15) is 11.9 Å². The quantitative estimate of drug-likeness (QED) is 0.821. The van der Waals surface area contributed by atoms with Crippen molar-refractivity contribution in [3.63, 3.8) is 0 Å². The normalized spacial score (nSPS) is 12.4. The third kappa shape index (κ3) is 3.51. The summed E-state index contributed by atoms with van der Waals surface area (Å²) in [6, 6.07) is 10.1. The molecule has 0 radical (unpaired) electrons. The van der Waals surface area contributed by atoms with E-state index in [1.54, 1.807) is 23.1 Å². The van der Waals surface area contributed by atoms with Crippen LogP contribution in [0.3, 0.4) is 0 Å². The summed E-state index contributed by atoms with van der Waals surface area (Å²) in [7, 11) is 0. The van der Waals surface area contributed by atoms with Gasteiger partial charge >= 0.3 is 0 Å². The molecule has 1 heterocycles. The van der Waals surface area contributed by atoms with Crippen molar-refractivity contribution >= 4 is 39.0 Å². The fraction of sp³-hybridized carbons (Fsp3) is 0.231. The van der Waals surface area contributed by atoms with Gasteiger partial charge in [-0.25, -0.2) is 0 Å². The molecule has 0 spiro atoms. The molecule has 2 nitrogen and oxygen atoms in total. The maximum atomic E-state index is 5.92. The first-order chi connectivity index (χ1) is 8.72. The van der Waals surface area contributed by atoms with Gasteiger partial charge in [0.15, 0.2) is 0 Å². The maximum Gasteiger partial charge on any atom is 0.145 e. The lowest BCUT2D eigenvalue weighted by molar-refractivity contribution is 0.218. The molecule has 1 aromatic heterocycles. The summed E-state index contributed by atoms with van der Waals surface area (Å²) in [4.78, 5) is 2.36. The number of hydrogen-bond acceptors (Lipinski definition) is 4. The van der Waals surface area contributed by atoms with Gasteiger partial charge in [-0.1, -0.05) is 0 Å². The lowest BCUT2D eigenvalue weighted by Gasteiger charge is -2.16. The molecule has 18 heavy (non-hydrogen) atoms. The Morgan fingerprint density at radius 1 is 1.39 bits per heavy atom. The Kier molecular flexibility index (Phi) is 5.12. The summed E-state index contributed by atoms with van der Waals surface area (Å²) in [6.45, 7) is 0.469. The van der Waals surface area contributed by atoms with Crippen molar-refractivity contribution in [1.29, 1.82) is 0 Å². The first kappa shape index (κ1) is 13.9. The zero-order valence-electron chi connectivity index (χ0n) is 9.93. The summed E-state index contributed by atoms with van der Waals surface area (Å²) >= 11 is 6.82. The molecular weight excluding hydrogens is 330 g/mol. The van der Waals surface area contributed by atoms with Gasteiger partial charge in [-0.15, -0.1) is 23.1 Å². The summed E-state index contributed by atoms with van der Waals surface area (Å²) in [6.07, 6.45) is 1.98. The Bertz CT molecular complexity index is 498. The fourth-order valence-corrected chi connectivity index (χ4v) is 3.43. The van der Waals surface area contributed by atoms with Crippen LogP contribution in [0, 0.1) is 0 Å². The minimum Gasteiger partial charge on any atom is -0.484 e. The topological polar surface area (TPSA) is 35.2 Å². The van der Waals surface area contributed by atoms with Crippen molar-refractivity contribution in [3.05, 3.63) is 45.1 Å². The molecule has 2 aromatic rings. The van der Waals surface area contributed by atoms with Crippen molar-refractivity contribution in [2.45, 2.75) is 11.0 Å². The molecule has 1 aromatic carbocycles. The third-order valence-corrected chi connectivity index (χ3v) is 4.99. The van der Waals surface area contributed by atoms with Crippen LogP contribution in [0.4, 0.5) is 0 Å². The van der Waals surface area contributed by atoms with Crippen molar-refractivity contribution in [2.75, 3.05) is 12.8 Å². The summed E-state index contributed by atoms with van der Waals surface area (Å²) in [5.41, 5.74) is 5.78. The van der Waals surface area contributed by atoms with E-state index in [2.05, 4.69) is 40.4 Å². The highest BCUT2D eigenvalue weighted by Crippen LogP contribution is 2.29. The minimum atomic E-state index is -0.0820.